The highest BCUT2D eigenvalue weighted by Gasteiger charge is 2.42. The lowest BCUT2D eigenvalue weighted by Crippen LogP contribution is -2.31. The summed E-state index contributed by atoms with van der Waals surface area (Å²) in [6.45, 7) is 4.97. The van der Waals surface area contributed by atoms with Crippen LogP contribution in [0.2, 0.25) is 0 Å². The van der Waals surface area contributed by atoms with Gasteiger partial charge in [0.05, 0.1) is 42.1 Å². The van der Waals surface area contributed by atoms with Crippen LogP contribution in [0.5, 0.6) is 5.88 Å². The van der Waals surface area contributed by atoms with Gasteiger partial charge in [-0.15, -0.1) is 0 Å². The number of fused-ring (bicyclic) bond motifs is 1. The van der Waals surface area contributed by atoms with E-state index in [1.165, 1.54) is 24.4 Å². The Kier molecular flexibility index (Phi) is 10.8. The van der Waals surface area contributed by atoms with Gasteiger partial charge in [0, 0.05) is 37.1 Å². The van der Waals surface area contributed by atoms with Crippen LogP contribution in [0.4, 0.5) is 18.9 Å². The minimum absolute atomic E-state index is 0.00598. The van der Waals surface area contributed by atoms with Crippen molar-refractivity contribution in [2.24, 2.45) is 5.73 Å². The number of nitrogens with two attached hydrogens (primary N) is 1. The fraction of sp³-hybridized carbons (Fsp3) is 0.375. The van der Waals surface area contributed by atoms with Crippen LogP contribution in [0.25, 0.3) is 0 Å². The van der Waals surface area contributed by atoms with Gasteiger partial charge in [-0.1, -0.05) is 48.5 Å². The average Bonchev–Trinajstić information content (AvgIpc) is 2.96. The maximum absolute atomic E-state index is 14.4. The van der Waals surface area contributed by atoms with Gasteiger partial charge < -0.3 is 25.3 Å². The van der Waals surface area contributed by atoms with E-state index in [2.05, 4.69) is 10.3 Å². The van der Waals surface area contributed by atoms with Crippen molar-refractivity contribution in [2.75, 3.05) is 45.3 Å². The molecule has 2 aromatic carbocycles. The number of hydrogen-bond acceptors (Lipinski definition) is 8. The first-order chi connectivity index (χ1) is 20.6. The van der Waals surface area contributed by atoms with Crippen molar-refractivity contribution in [1.82, 2.24) is 9.88 Å². The zero-order valence-corrected chi connectivity index (χ0v) is 24.5. The van der Waals surface area contributed by atoms with Crippen molar-refractivity contribution < 1.29 is 32.2 Å². The van der Waals surface area contributed by atoms with E-state index in [9.17, 15) is 18.0 Å². The smallest absolute Gasteiger partial charge is 0.416 e. The van der Waals surface area contributed by atoms with Gasteiger partial charge in [0.1, 0.15) is 6.61 Å². The highest BCUT2D eigenvalue weighted by molar-refractivity contribution is 5.95. The largest absolute Gasteiger partial charge is 0.475 e. The molecule has 0 amide bonds. The number of alkyl halides is 3. The standard InChI is InChI=1S/C32H37F3N4O4/c1-21(2)43-30-28-25(13-15-37-30)38-26(20-41-17-14-36)29(27(28)23-11-7-8-12-24(23)32(33,34)35)31(40)42-18-16-39(3)19-22-9-5-4-6-10-22/h4-13,15,21,27,38H,14,16-20,36H2,1-3H3. The number of ether oxygens (including phenoxy) is 3. The second-order valence-corrected chi connectivity index (χ2v) is 10.5. The highest BCUT2D eigenvalue weighted by atomic mass is 19.4. The lowest BCUT2D eigenvalue weighted by molar-refractivity contribution is -0.141. The van der Waals surface area contributed by atoms with Crippen molar-refractivity contribution in [3.05, 3.63) is 100 Å². The van der Waals surface area contributed by atoms with Gasteiger partial charge in [-0.25, -0.2) is 9.78 Å². The van der Waals surface area contributed by atoms with Gasteiger partial charge in [-0.3, -0.25) is 4.90 Å². The highest BCUT2D eigenvalue weighted by Crippen LogP contribution is 2.49. The predicted octanol–water partition coefficient (Wildman–Crippen LogP) is 5.35. The van der Waals surface area contributed by atoms with E-state index < -0.39 is 23.6 Å². The molecule has 11 heteroatoms. The molecule has 0 aliphatic carbocycles. The number of esters is 1. The molecule has 43 heavy (non-hydrogen) atoms. The predicted molar refractivity (Wildman–Crippen MR) is 158 cm³/mol. The first-order valence-corrected chi connectivity index (χ1v) is 14.1. The third-order valence-corrected chi connectivity index (χ3v) is 6.80. The van der Waals surface area contributed by atoms with E-state index in [4.69, 9.17) is 19.9 Å². The van der Waals surface area contributed by atoms with Crippen LogP contribution >= 0.6 is 0 Å². The number of rotatable bonds is 13. The summed E-state index contributed by atoms with van der Waals surface area (Å²) in [5.41, 5.74) is 6.76. The monoisotopic (exact) mass is 598 g/mol. The maximum atomic E-state index is 14.4. The molecule has 1 aromatic heterocycles. The fourth-order valence-electron chi connectivity index (χ4n) is 4.98. The van der Waals surface area contributed by atoms with Gasteiger partial charge >= 0.3 is 12.1 Å². The Labute approximate surface area is 249 Å². The number of nitrogens with zero attached hydrogens (tertiary/aromatic N) is 2. The van der Waals surface area contributed by atoms with Crippen LogP contribution in [0, 0.1) is 0 Å². The average molecular weight is 599 g/mol. The molecule has 0 fully saturated rings. The van der Waals surface area contributed by atoms with Crippen LogP contribution in [0.15, 0.2) is 78.1 Å². The molecule has 4 rings (SSSR count). The Morgan fingerprint density at radius 1 is 1.07 bits per heavy atom. The third kappa shape index (κ3) is 8.13. The molecule has 0 bridgehead atoms. The van der Waals surface area contributed by atoms with Crippen LogP contribution in [0.3, 0.4) is 0 Å². The lowest BCUT2D eigenvalue weighted by atomic mass is 9.79. The summed E-state index contributed by atoms with van der Waals surface area (Å²) in [5.74, 6) is -1.85. The quantitative estimate of drug-likeness (QED) is 0.201. The molecule has 0 saturated carbocycles. The molecule has 230 valence electrons. The van der Waals surface area contributed by atoms with E-state index in [1.54, 1.807) is 19.9 Å². The van der Waals surface area contributed by atoms with Gasteiger partial charge in [-0.05, 0) is 44.2 Å². The molecule has 3 aromatic rings. The van der Waals surface area contributed by atoms with Crippen molar-refractivity contribution in [3.8, 4) is 5.88 Å². The number of carbonyl (C=O) groups excluding carboxylic acids is 1. The Morgan fingerprint density at radius 3 is 2.49 bits per heavy atom. The number of pyridine rings is 1. The van der Waals surface area contributed by atoms with Crippen LogP contribution < -0.4 is 15.8 Å². The Hall–Kier alpha value is -3.93. The molecule has 1 atom stereocenters. The van der Waals surface area contributed by atoms with Crippen molar-refractivity contribution in [1.29, 1.82) is 0 Å². The normalized spacial score (nSPS) is 15.0. The van der Waals surface area contributed by atoms with Gasteiger partial charge in [0.25, 0.3) is 0 Å². The minimum Gasteiger partial charge on any atom is -0.475 e. The topological polar surface area (TPSA) is 98.9 Å². The SMILES string of the molecule is CC(C)Oc1nccc2c1C(c1ccccc1C(F)(F)F)C(C(=O)OCCN(C)Cc1ccccc1)=C(COCCN)N2. The zero-order valence-electron chi connectivity index (χ0n) is 24.5. The number of nitrogens with one attached hydrogen (secondary N) is 1. The summed E-state index contributed by atoms with van der Waals surface area (Å²) >= 11 is 0. The Balaban J connectivity index is 1.76. The molecular formula is C32H37F3N4O4. The maximum Gasteiger partial charge on any atom is 0.416 e. The number of benzene rings is 2. The second-order valence-electron chi connectivity index (χ2n) is 10.5. The van der Waals surface area contributed by atoms with Gasteiger partial charge in [0.2, 0.25) is 5.88 Å². The number of carbonyl (C=O) groups is 1. The molecule has 3 N–H and O–H groups in total. The first kappa shape index (κ1) is 32.0. The second kappa shape index (κ2) is 14.5. The third-order valence-electron chi connectivity index (χ3n) is 6.80. The molecule has 2 heterocycles. The van der Waals surface area contributed by atoms with Crippen molar-refractivity contribution in [2.45, 2.75) is 38.6 Å². The van der Waals surface area contributed by atoms with E-state index in [0.29, 0.717) is 24.3 Å². The lowest BCUT2D eigenvalue weighted by Gasteiger charge is -2.33. The molecule has 1 aliphatic rings. The summed E-state index contributed by atoms with van der Waals surface area (Å²) in [5, 5.41) is 3.19. The van der Waals surface area contributed by atoms with Crippen molar-refractivity contribution >= 4 is 11.7 Å². The molecule has 0 saturated heterocycles. The Bertz CT molecular complexity index is 1410. The molecule has 0 spiro atoms. The van der Waals surface area contributed by atoms with Crippen LogP contribution in [-0.4, -0.2) is 61.9 Å². The molecule has 0 radical (unpaired) electrons. The Morgan fingerprint density at radius 2 is 1.79 bits per heavy atom. The van der Waals surface area contributed by atoms with Gasteiger partial charge in [-0.2, -0.15) is 13.2 Å². The molecule has 1 aliphatic heterocycles. The molecule has 1 unspecified atom stereocenters. The summed E-state index contributed by atoms with van der Waals surface area (Å²) in [4.78, 5) is 20.2. The van der Waals surface area contributed by atoms with E-state index in [1.807, 2.05) is 42.3 Å². The first-order valence-electron chi connectivity index (χ1n) is 14.1. The fourth-order valence-corrected chi connectivity index (χ4v) is 4.98. The summed E-state index contributed by atoms with van der Waals surface area (Å²) < 4.78 is 60.6. The van der Waals surface area contributed by atoms with Crippen LogP contribution in [0.1, 0.15) is 42.0 Å². The van der Waals surface area contributed by atoms with E-state index in [0.717, 1.165) is 11.6 Å². The van der Waals surface area contributed by atoms with Crippen molar-refractivity contribution in [3.63, 3.8) is 0 Å². The molecule has 8 nitrogen and oxygen atoms in total. The van der Waals surface area contributed by atoms with Crippen LogP contribution in [-0.2, 0) is 27.0 Å². The number of hydrogen-bond donors (Lipinski definition) is 2. The number of halogens is 3. The minimum atomic E-state index is -4.69. The number of likely N-dealkylation sites (N-methyl/N-ethyl adjacent to an activating group) is 1. The zero-order chi connectivity index (χ0) is 31.0. The summed E-state index contributed by atoms with van der Waals surface area (Å²) in [7, 11) is 1.90. The molecular weight excluding hydrogens is 561 g/mol. The van der Waals surface area contributed by atoms with E-state index in [-0.39, 0.29) is 55.2 Å². The number of anilines is 1. The summed E-state index contributed by atoms with van der Waals surface area (Å²) in [6.07, 6.45) is -3.51. The van der Waals surface area contributed by atoms with Gasteiger partial charge in [0.15, 0.2) is 0 Å². The summed E-state index contributed by atoms with van der Waals surface area (Å²) in [6, 6.07) is 16.7. The van der Waals surface area contributed by atoms with E-state index >= 15 is 0 Å². The number of aromatic nitrogens is 1.